The first-order valence-corrected chi connectivity index (χ1v) is 9.23. The van der Waals surface area contributed by atoms with E-state index in [-0.39, 0.29) is 25.8 Å². The fourth-order valence-electron chi connectivity index (χ4n) is 3.12. The normalized spacial score (nSPS) is 11.9. The summed E-state index contributed by atoms with van der Waals surface area (Å²) < 4.78 is 1.05. The first-order valence-electron chi connectivity index (χ1n) is 9.23. The van der Waals surface area contributed by atoms with Crippen molar-refractivity contribution in [2.24, 2.45) is 0 Å². The molecular weight excluding hydrogens is 374 g/mol. The van der Waals surface area contributed by atoms with Crippen molar-refractivity contribution < 1.29 is 14.7 Å². The van der Waals surface area contributed by atoms with Gasteiger partial charge in [0.05, 0.1) is 10.9 Å². The average molecular weight is 395 g/mol. The van der Waals surface area contributed by atoms with Crippen LogP contribution in [0, 0.1) is 0 Å². The van der Waals surface area contributed by atoms with Crippen molar-refractivity contribution in [3.8, 4) is 0 Å². The zero-order valence-corrected chi connectivity index (χ0v) is 15.6. The minimum Gasteiger partial charge on any atom is -0.480 e. The quantitative estimate of drug-likeness (QED) is 0.531. The Morgan fingerprint density at radius 2 is 1.72 bits per heavy atom. The number of benzene rings is 2. The van der Waals surface area contributed by atoms with Gasteiger partial charge >= 0.3 is 11.7 Å². The van der Waals surface area contributed by atoms with Crippen LogP contribution in [0.25, 0.3) is 10.9 Å². The topological polar surface area (TPSA) is 121 Å². The molecule has 0 saturated carbocycles. The summed E-state index contributed by atoms with van der Waals surface area (Å²) in [5, 5.41) is 12.2. The molecule has 1 aromatic heterocycles. The molecule has 0 saturated heterocycles. The van der Waals surface area contributed by atoms with E-state index in [2.05, 4.69) is 10.3 Å². The number of amides is 1. The fourth-order valence-corrected chi connectivity index (χ4v) is 3.12. The number of aromatic nitrogens is 2. The number of rotatable bonds is 8. The highest BCUT2D eigenvalue weighted by Crippen LogP contribution is 2.05. The second-order valence-electron chi connectivity index (χ2n) is 6.68. The Morgan fingerprint density at radius 1 is 1.03 bits per heavy atom. The van der Waals surface area contributed by atoms with Crippen molar-refractivity contribution in [2.75, 3.05) is 0 Å². The van der Waals surface area contributed by atoms with E-state index in [1.807, 2.05) is 6.07 Å². The predicted octanol–water partition coefficient (Wildman–Crippen LogP) is 1.28. The molecule has 3 rings (SSSR count). The highest BCUT2D eigenvalue weighted by atomic mass is 16.4. The number of hydrogen-bond acceptors (Lipinski definition) is 4. The van der Waals surface area contributed by atoms with Gasteiger partial charge in [-0.25, -0.2) is 9.59 Å². The molecule has 0 aliphatic carbocycles. The van der Waals surface area contributed by atoms with Gasteiger partial charge in [0.25, 0.3) is 5.56 Å². The monoisotopic (exact) mass is 395 g/mol. The second kappa shape index (κ2) is 9.01. The van der Waals surface area contributed by atoms with Crippen LogP contribution in [0.15, 0.2) is 64.2 Å². The summed E-state index contributed by atoms with van der Waals surface area (Å²) >= 11 is 0. The van der Waals surface area contributed by atoms with Gasteiger partial charge in [0, 0.05) is 19.4 Å². The number of para-hydroxylation sites is 1. The summed E-state index contributed by atoms with van der Waals surface area (Å²) in [4.78, 5) is 50.8. The van der Waals surface area contributed by atoms with Crippen LogP contribution in [0.5, 0.6) is 0 Å². The minimum absolute atomic E-state index is 0.00270. The smallest absolute Gasteiger partial charge is 0.328 e. The van der Waals surface area contributed by atoms with Gasteiger partial charge in [-0.2, -0.15) is 0 Å². The second-order valence-corrected chi connectivity index (χ2v) is 6.68. The fraction of sp³-hybridized carbons (Fsp3) is 0.238. The summed E-state index contributed by atoms with van der Waals surface area (Å²) in [7, 11) is 0. The lowest BCUT2D eigenvalue weighted by molar-refractivity contribution is -0.141. The van der Waals surface area contributed by atoms with Gasteiger partial charge in [0.15, 0.2) is 0 Å². The van der Waals surface area contributed by atoms with E-state index in [0.717, 1.165) is 10.1 Å². The van der Waals surface area contributed by atoms with Crippen LogP contribution in [0.2, 0.25) is 0 Å². The molecule has 0 aliphatic rings. The zero-order chi connectivity index (χ0) is 20.8. The number of nitrogens with zero attached hydrogens (tertiary/aromatic N) is 1. The lowest BCUT2D eigenvalue weighted by Gasteiger charge is -2.15. The summed E-state index contributed by atoms with van der Waals surface area (Å²) in [6.07, 6.45) is 0.397. The highest BCUT2D eigenvalue weighted by Gasteiger charge is 2.20. The Kier molecular flexibility index (Phi) is 6.23. The van der Waals surface area contributed by atoms with Crippen molar-refractivity contribution in [1.82, 2.24) is 14.9 Å². The Morgan fingerprint density at radius 3 is 2.45 bits per heavy atom. The number of carboxylic acid groups (broad SMARTS) is 1. The third-order valence-corrected chi connectivity index (χ3v) is 4.59. The molecule has 0 spiro atoms. The van der Waals surface area contributed by atoms with Crippen LogP contribution >= 0.6 is 0 Å². The maximum atomic E-state index is 12.5. The first kappa shape index (κ1) is 20.1. The molecule has 1 heterocycles. The van der Waals surface area contributed by atoms with Crippen molar-refractivity contribution >= 4 is 22.8 Å². The van der Waals surface area contributed by atoms with Crippen LogP contribution in [0.1, 0.15) is 18.4 Å². The number of carbonyl (C=O) groups excluding carboxylic acids is 1. The number of hydrogen-bond donors (Lipinski definition) is 3. The standard InChI is InChI=1S/C21H21N3O5/c25-18(22-17(20(27)28)13-14-7-2-1-3-8-14)11-6-12-24-19(26)15-9-4-5-10-16(15)23-21(24)29/h1-5,7-10,17H,6,11-13H2,(H,22,25)(H,23,29)(H,27,28)/t17-/m0/s1. The molecule has 150 valence electrons. The van der Waals surface area contributed by atoms with Gasteiger partial charge in [-0.15, -0.1) is 0 Å². The highest BCUT2D eigenvalue weighted by molar-refractivity contribution is 5.83. The van der Waals surface area contributed by atoms with E-state index in [1.165, 1.54) is 0 Å². The average Bonchev–Trinajstić information content (AvgIpc) is 2.70. The van der Waals surface area contributed by atoms with E-state index in [1.54, 1.807) is 48.5 Å². The molecule has 3 N–H and O–H groups in total. The zero-order valence-electron chi connectivity index (χ0n) is 15.6. The third kappa shape index (κ3) is 4.98. The number of aromatic amines is 1. The largest absolute Gasteiger partial charge is 0.480 e. The van der Waals surface area contributed by atoms with Crippen LogP contribution in [-0.2, 0) is 22.6 Å². The molecule has 0 bridgehead atoms. The van der Waals surface area contributed by atoms with Crippen molar-refractivity contribution in [1.29, 1.82) is 0 Å². The third-order valence-electron chi connectivity index (χ3n) is 4.59. The van der Waals surface area contributed by atoms with Crippen molar-refractivity contribution in [3.63, 3.8) is 0 Å². The molecule has 8 heteroatoms. The molecule has 1 amide bonds. The van der Waals surface area contributed by atoms with Gasteiger partial charge in [0.1, 0.15) is 6.04 Å². The molecule has 2 aromatic carbocycles. The van der Waals surface area contributed by atoms with E-state index in [9.17, 15) is 24.3 Å². The SMILES string of the molecule is O=C(CCCn1c(=O)[nH]c2ccccc2c1=O)N[C@@H](Cc1ccccc1)C(=O)O. The molecule has 29 heavy (non-hydrogen) atoms. The Hall–Kier alpha value is -3.68. The molecule has 0 radical (unpaired) electrons. The number of carboxylic acids is 1. The van der Waals surface area contributed by atoms with Crippen molar-refractivity contribution in [2.45, 2.75) is 31.8 Å². The lowest BCUT2D eigenvalue weighted by Crippen LogP contribution is -2.42. The van der Waals surface area contributed by atoms with Crippen LogP contribution in [-0.4, -0.2) is 32.6 Å². The molecule has 1 atom stereocenters. The Labute approximate surface area is 165 Å². The maximum Gasteiger partial charge on any atom is 0.328 e. The van der Waals surface area contributed by atoms with Gasteiger partial charge in [-0.1, -0.05) is 42.5 Å². The number of carbonyl (C=O) groups is 2. The van der Waals surface area contributed by atoms with E-state index >= 15 is 0 Å². The number of aliphatic carboxylic acids is 1. The van der Waals surface area contributed by atoms with E-state index < -0.39 is 29.2 Å². The Balaban J connectivity index is 1.61. The summed E-state index contributed by atoms with van der Waals surface area (Å²) in [6.45, 7) is 0.0584. The Bertz CT molecular complexity index is 1130. The molecule has 8 nitrogen and oxygen atoms in total. The van der Waals surface area contributed by atoms with Crippen LogP contribution < -0.4 is 16.6 Å². The first-order chi connectivity index (χ1) is 14.0. The van der Waals surface area contributed by atoms with E-state index in [4.69, 9.17) is 0 Å². The molecule has 3 aromatic rings. The summed E-state index contributed by atoms with van der Waals surface area (Å²) in [5.41, 5.74) is 0.301. The van der Waals surface area contributed by atoms with Crippen LogP contribution in [0.4, 0.5) is 0 Å². The van der Waals surface area contributed by atoms with Gasteiger partial charge in [0.2, 0.25) is 5.91 Å². The molecule has 0 aliphatic heterocycles. The molecule has 0 fully saturated rings. The lowest BCUT2D eigenvalue weighted by atomic mass is 10.1. The predicted molar refractivity (Wildman–Crippen MR) is 108 cm³/mol. The molecular formula is C21H21N3O5. The maximum absolute atomic E-state index is 12.5. The number of nitrogens with one attached hydrogen (secondary N) is 2. The van der Waals surface area contributed by atoms with Gasteiger partial charge < -0.3 is 15.4 Å². The minimum atomic E-state index is -1.12. The van der Waals surface area contributed by atoms with E-state index in [0.29, 0.717) is 10.9 Å². The van der Waals surface area contributed by atoms with Gasteiger partial charge in [-0.3, -0.25) is 14.2 Å². The number of H-pyrrole nitrogens is 1. The van der Waals surface area contributed by atoms with Gasteiger partial charge in [-0.05, 0) is 24.1 Å². The molecule has 0 unspecified atom stereocenters. The van der Waals surface area contributed by atoms with Crippen LogP contribution in [0.3, 0.4) is 0 Å². The van der Waals surface area contributed by atoms with Crippen molar-refractivity contribution in [3.05, 3.63) is 81.0 Å². The summed E-state index contributed by atoms with van der Waals surface area (Å²) in [6, 6.07) is 14.7. The number of fused-ring (bicyclic) bond motifs is 1. The summed E-state index contributed by atoms with van der Waals surface area (Å²) in [5.74, 6) is -1.57.